The molecule has 33 heavy (non-hydrogen) atoms. The lowest BCUT2D eigenvalue weighted by Crippen LogP contribution is -2.44. The van der Waals surface area contributed by atoms with E-state index in [0.717, 1.165) is 42.7 Å². The van der Waals surface area contributed by atoms with Gasteiger partial charge in [0.1, 0.15) is 0 Å². The van der Waals surface area contributed by atoms with E-state index >= 15 is 0 Å². The number of hydrogen-bond acceptors (Lipinski definition) is 2. The van der Waals surface area contributed by atoms with Gasteiger partial charge in [-0.25, -0.2) is 4.79 Å². The highest BCUT2D eigenvalue weighted by Crippen LogP contribution is 2.35. The molecule has 0 bridgehead atoms. The number of piperidine rings is 1. The van der Waals surface area contributed by atoms with Crippen LogP contribution in [0.5, 0.6) is 0 Å². The minimum atomic E-state index is -0.289. The standard InChI is InChI=1S/C28H31N3O2/c1-21-8-6-7-11-25(21)30-27(33)29-24-14-12-22(13-15-24)20-26(32)31-18-16-28(2,17-19-31)23-9-4-3-5-10-23/h3-15H,16-20H2,1-2H3,(H2,29,30,33). The quantitative estimate of drug-likeness (QED) is 0.529. The maximum Gasteiger partial charge on any atom is 0.323 e. The number of nitrogens with one attached hydrogen (secondary N) is 2. The van der Waals surface area contributed by atoms with Gasteiger partial charge in [-0.1, -0.05) is 67.6 Å². The van der Waals surface area contributed by atoms with E-state index in [1.807, 2.05) is 66.4 Å². The van der Waals surface area contributed by atoms with Gasteiger partial charge in [0.25, 0.3) is 0 Å². The van der Waals surface area contributed by atoms with Gasteiger partial charge in [0, 0.05) is 24.5 Å². The van der Waals surface area contributed by atoms with Gasteiger partial charge >= 0.3 is 6.03 Å². The number of hydrogen-bond donors (Lipinski definition) is 2. The third kappa shape index (κ3) is 5.61. The minimum absolute atomic E-state index is 0.129. The molecule has 0 unspecified atom stereocenters. The van der Waals surface area contributed by atoms with E-state index in [4.69, 9.17) is 0 Å². The van der Waals surface area contributed by atoms with E-state index < -0.39 is 0 Å². The normalized spacial score (nSPS) is 15.0. The summed E-state index contributed by atoms with van der Waals surface area (Å²) in [5.41, 5.74) is 4.90. The number of nitrogens with zero attached hydrogens (tertiary/aromatic N) is 1. The Kier molecular flexibility index (Phi) is 6.78. The molecule has 1 fully saturated rings. The maximum absolute atomic E-state index is 12.9. The lowest BCUT2D eigenvalue weighted by atomic mass is 9.74. The average Bonchev–Trinajstić information content (AvgIpc) is 2.83. The Bertz CT molecular complexity index is 1100. The third-order valence-corrected chi connectivity index (χ3v) is 6.65. The van der Waals surface area contributed by atoms with Crippen LogP contribution in [0.3, 0.4) is 0 Å². The van der Waals surface area contributed by atoms with Crippen molar-refractivity contribution in [3.63, 3.8) is 0 Å². The summed E-state index contributed by atoms with van der Waals surface area (Å²) in [6.45, 7) is 5.81. The van der Waals surface area contributed by atoms with Crippen LogP contribution in [0.15, 0.2) is 78.9 Å². The Hall–Kier alpha value is -3.60. The van der Waals surface area contributed by atoms with E-state index in [2.05, 4.69) is 41.8 Å². The first-order valence-corrected chi connectivity index (χ1v) is 11.5. The highest BCUT2D eigenvalue weighted by atomic mass is 16.2. The average molecular weight is 442 g/mol. The lowest BCUT2D eigenvalue weighted by Gasteiger charge is -2.40. The summed E-state index contributed by atoms with van der Waals surface area (Å²) in [5, 5.41) is 5.70. The molecule has 4 rings (SSSR count). The van der Waals surface area contributed by atoms with Gasteiger partial charge in [0.2, 0.25) is 5.91 Å². The number of rotatable bonds is 5. The van der Waals surface area contributed by atoms with Gasteiger partial charge in [-0.15, -0.1) is 0 Å². The second kappa shape index (κ2) is 9.90. The molecule has 3 aromatic rings. The largest absolute Gasteiger partial charge is 0.342 e. The van der Waals surface area contributed by atoms with Crippen LogP contribution >= 0.6 is 0 Å². The molecule has 3 aromatic carbocycles. The summed E-state index contributed by atoms with van der Waals surface area (Å²) in [5.74, 6) is 0.156. The molecule has 3 amide bonds. The number of urea groups is 1. The molecular formula is C28H31N3O2. The van der Waals surface area contributed by atoms with E-state index in [1.54, 1.807) is 0 Å². The number of aryl methyl sites for hydroxylation is 1. The van der Waals surface area contributed by atoms with Crippen LogP contribution in [0.4, 0.5) is 16.2 Å². The minimum Gasteiger partial charge on any atom is -0.342 e. The highest BCUT2D eigenvalue weighted by Gasteiger charge is 2.33. The van der Waals surface area contributed by atoms with E-state index in [9.17, 15) is 9.59 Å². The predicted octanol–water partition coefficient (Wildman–Crippen LogP) is 5.76. The third-order valence-electron chi connectivity index (χ3n) is 6.65. The van der Waals surface area contributed by atoms with Crippen molar-refractivity contribution in [2.75, 3.05) is 23.7 Å². The fourth-order valence-corrected chi connectivity index (χ4v) is 4.37. The monoisotopic (exact) mass is 441 g/mol. The number of carbonyl (C=O) groups excluding carboxylic acids is 2. The number of para-hydroxylation sites is 1. The molecule has 1 aliphatic rings. The number of carbonyl (C=O) groups is 2. The molecule has 5 heteroatoms. The van der Waals surface area contributed by atoms with Crippen LogP contribution < -0.4 is 10.6 Å². The molecule has 0 spiro atoms. The molecule has 0 radical (unpaired) electrons. The molecule has 1 saturated heterocycles. The lowest BCUT2D eigenvalue weighted by molar-refractivity contribution is -0.132. The summed E-state index contributed by atoms with van der Waals surface area (Å²) in [6, 6.07) is 25.4. The molecule has 0 aliphatic carbocycles. The van der Waals surface area contributed by atoms with Crippen molar-refractivity contribution in [3.05, 3.63) is 95.6 Å². The zero-order valence-corrected chi connectivity index (χ0v) is 19.3. The Labute approximate surface area is 195 Å². The number of likely N-dealkylation sites (tertiary alicyclic amines) is 1. The molecule has 1 aliphatic heterocycles. The molecule has 0 saturated carbocycles. The zero-order chi connectivity index (χ0) is 23.3. The number of amides is 3. The topological polar surface area (TPSA) is 61.4 Å². The summed E-state index contributed by atoms with van der Waals surface area (Å²) in [4.78, 5) is 27.1. The Morgan fingerprint density at radius 3 is 2.15 bits per heavy atom. The van der Waals surface area contributed by atoms with Crippen molar-refractivity contribution < 1.29 is 9.59 Å². The first kappa shape index (κ1) is 22.6. The van der Waals surface area contributed by atoms with Crippen molar-refractivity contribution in [3.8, 4) is 0 Å². The van der Waals surface area contributed by atoms with Crippen LogP contribution in [-0.4, -0.2) is 29.9 Å². The SMILES string of the molecule is Cc1ccccc1NC(=O)Nc1ccc(CC(=O)N2CCC(C)(c3ccccc3)CC2)cc1. The van der Waals surface area contributed by atoms with Crippen LogP contribution in [0, 0.1) is 6.92 Å². The highest BCUT2D eigenvalue weighted by molar-refractivity contribution is 6.00. The molecule has 0 atom stereocenters. The van der Waals surface area contributed by atoms with Gasteiger partial charge in [0.15, 0.2) is 0 Å². The van der Waals surface area contributed by atoms with Crippen molar-refractivity contribution in [1.82, 2.24) is 4.90 Å². The first-order valence-electron chi connectivity index (χ1n) is 11.5. The van der Waals surface area contributed by atoms with Crippen molar-refractivity contribution in [1.29, 1.82) is 0 Å². The summed E-state index contributed by atoms with van der Waals surface area (Å²) in [6.07, 6.45) is 2.32. The van der Waals surface area contributed by atoms with Crippen molar-refractivity contribution in [2.45, 2.75) is 38.5 Å². The van der Waals surface area contributed by atoms with Gasteiger partial charge in [-0.3, -0.25) is 4.79 Å². The van der Waals surface area contributed by atoms with Gasteiger partial charge < -0.3 is 15.5 Å². The van der Waals surface area contributed by atoms with Gasteiger partial charge in [-0.2, -0.15) is 0 Å². The van der Waals surface area contributed by atoms with Crippen LogP contribution in [0.2, 0.25) is 0 Å². The first-order chi connectivity index (χ1) is 15.9. The van der Waals surface area contributed by atoms with Crippen LogP contribution in [0.1, 0.15) is 36.5 Å². The number of benzene rings is 3. The van der Waals surface area contributed by atoms with E-state index in [0.29, 0.717) is 12.1 Å². The summed E-state index contributed by atoms with van der Waals surface area (Å²) in [7, 11) is 0. The predicted molar refractivity (Wildman–Crippen MR) is 134 cm³/mol. The Morgan fingerprint density at radius 2 is 1.48 bits per heavy atom. The van der Waals surface area contributed by atoms with E-state index in [1.165, 1.54) is 5.56 Å². The Morgan fingerprint density at radius 1 is 0.848 bits per heavy atom. The molecule has 2 N–H and O–H groups in total. The van der Waals surface area contributed by atoms with Crippen LogP contribution in [0.25, 0.3) is 0 Å². The molecule has 1 heterocycles. The van der Waals surface area contributed by atoms with E-state index in [-0.39, 0.29) is 17.4 Å². The second-order valence-electron chi connectivity index (χ2n) is 9.08. The molecule has 170 valence electrons. The summed E-state index contributed by atoms with van der Waals surface area (Å²) < 4.78 is 0. The smallest absolute Gasteiger partial charge is 0.323 e. The van der Waals surface area contributed by atoms with Gasteiger partial charge in [0.05, 0.1) is 6.42 Å². The van der Waals surface area contributed by atoms with Crippen molar-refractivity contribution >= 4 is 23.3 Å². The molecule has 0 aromatic heterocycles. The van der Waals surface area contributed by atoms with Gasteiger partial charge in [-0.05, 0) is 60.1 Å². The fourth-order valence-electron chi connectivity index (χ4n) is 4.37. The Balaban J connectivity index is 1.28. The number of anilines is 2. The fraction of sp³-hybridized carbons (Fsp3) is 0.286. The molecule has 5 nitrogen and oxygen atoms in total. The maximum atomic E-state index is 12.9. The molecular weight excluding hydrogens is 410 g/mol. The second-order valence-corrected chi connectivity index (χ2v) is 9.08. The van der Waals surface area contributed by atoms with Crippen molar-refractivity contribution in [2.24, 2.45) is 0 Å². The zero-order valence-electron chi connectivity index (χ0n) is 19.3. The summed E-state index contributed by atoms with van der Waals surface area (Å²) >= 11 is 0. The van der Waals surface area contributed by atoms with Crippen LogP contribution in [-0.2, 0) is 16.6 Å².